The Morgan fingerprint density at radius 3 is 2.53 bits per heavy atom. The summed E-state index contributed by atoms with van der Waals surface area (Å²) in [7, 11) is 1.32. The maximum absolute atomic E-state index is 11.4. The lowest BCUT2D eigenvalue weighted by Crippen LogP contribution is -2.04. The third-order valence-electron chi connectivity index (χ3n) is 2.10. The molecule has 0 aliphatic heterocycles. The number of benzene rings is 1. The Bertz CT molecular complexity index is 419. The lowest BCUT2D eigenvalue weighted by Gasteiger charge is -2.04. The van der Waals surface area contributed by atoms with Crippen molar-refractivity contribution in [2.24, 2.45) is 0 Å². The first-order chi connectivity index (χ1) is 7.10. The smallest absolute Gasteiger partial charge is 0.337 e. The number of allylic oxidation sites excluding steroid dienone is 1. The fraction of sp³-hybridized carbons (Fsp3) is 0.167. The van der Waals surface area contributed by atoms with Crippen LogP contribution >= 0.6 is 0 Å². The lowest BCUT2D eigenvalue weighted by molar-refractivity contribution is 0.0600. The number of ketones is 1. The molecule has 0 aliphatic carbocycles. The third kappa shape index (κ3) is 2.31. The second-order valence-electron chi connectivity index (χ2n) is 3.09. The summed E-state index contributed by atoms with van der Waals surface area (Å²) in [5, 5.41) is 0. The minimum absolute atomic E-state index is 0.149. The Balaban J connectivity index is 3.14. The van der Waals surface area contributed by atoms with Crippen molar-refractivity contribution < 1.29 is 14.3 Å². The van der Waals surface area contributed by atoms with E-state index < -0.39 is 5.97 Å². The molecule has 0 spiro atoms. The SMILES string of the molecule is C=CC(=O)c1ccc(C(=O)OC)cc1C. The van der Waals surface area contributed by atoms with Gasteiger partial charge in [-0.15, -0.1) is 0 Å². The number of carbonyl (C=O) groups excluding carboxylic acids is 2. The molecule has 0 atom stereocenters. The van der Waals surface area contributed by atoms with E-state index in [9.17, 15) is 9.59 Å². The summed E-state index contributed by atoms with van der Waals surface area (Å²) in [5.41, 5.74) is 1.73. The van der Waals surface area contributed by atoms with E-state index in [2.05, 4.69) is 11.3 Å². The minimum Gasteiger partial charge on any atom is -0.465 e. The molecule has 1 aromatic rings. The molecule has 0 aromatic heterocycles. The summed E-state index contributed by atoms with van der Waals surface area (Å²) < 4.78 is 4.57. The molecule has 0 saturated carbocycles. The molecule has 0 fully saturated rings. The maximum atomic E-state index is 11.4. The zero-order chi connectivity index (χ0) is 11.4. The molecule has 3 nitrogen and oxygen atoms in total. The van der Waals surface area contributed by atoms with E-state index in [1.807, 2.05) is 0 Å². The monoisotopic (exact) mass is 204 g/mol. The second-order valence-corrected chi connectivity index (χ2v) is 3.09. The zero-order valence-electron chi connectivity index (χ0n) is 8.74. The zero-order valence-corrected chi connectivity index (χ0v) is 8.74. The van der Waals surface area contributed by atoms with Crippen molar-refractivity contribution in [3.8, 4) is 0 Å². The van der Waals surface area contributed by atoms with Crippen molar-refractivity contribution in [3.05, 3.63) is 47.5 Å². The number of hydrogen-bond acceptors (Lipinski definition) is 3. The lowest BCUT2D eigenvalue weighted by atomic mass is 10.0. The van der Waals surface area contributed by atoms with Crippen molar-refractivity contribution in [1.82, 2.24) is 0 Å². The van der Waals surface area contributed by atoms with E-state index in [-0.39, 0.29) is 5.78 Å². The molecule has 0 bridgehead atoms. The first kappa shape index (κ1) is 11.2. The largest absolute Gasteiger partial charge is 0.465 e. The molecule has 0 saturated heterocycles. The fourth-order valence-corrected chi connectivity index (χ4v) is 1.29. The molecule has 1 aromatic carbocycles. The number of esters is 1. The summed E-state index contributed by atoms with van der Waals surface area (Å²) in [5.74, 6) is -0.556. The van der Waals surface area contributed by atoms with Gasteiger partial charge in [0.05, 0.1) is 12.7 Å². The van der Waals surface area contributed by atoms with E-state index in [0.717, 1.165) is 5.56 Å². The Hall–Kier alpha value is -1.90. The molecule has 0 heterocycles. The van der Waals surface area contributed by atoms with Crippen LogP contribution in [0.5, 0.6) is 0 Å². The van der Waals surface area contributed by atoms with Gasteiger partial charge in [0, 0.05) is 5.56 Å². The Morgan fingerprint density at radius 1 is 1.40 bits per heavy atom. The van der Waals surface area contributed by atoms with E-state index in [1.165, 1.54) is 13.2 Å². The van der Waals surface area contributed by atoms with Gasteiger partial charge in [0.1, 0.15) is 0 Å². The van der Waals surface area contributed by atoms with Crippen LogP contribution < -0.4 is 0 Å². The van der Waals surface area contributed by atoms with Crippen molar-refractivity contribution in [3.63, 3.8) is 0 Å². The molecule has 78 valence electrons. The number of methoxy groups -OCH3 is 1. The van der Waals surface area contributed by atoms with Crippen LogP contribution in [0.1, 0.15) is 26.3 Å². The van der Waals surface area contributed by atoms with Crippen molar-refractivity contribution in [1.29, 1.82) is 0 Å². The van der Waals surface area contributed by atoms with E-state index in [4.69, 9.17) is 0 Å². The van der Waals surface area contributed by atoms with Crippen LogP contribution in [-0.2, 0) is 4.74 Å². The molecule has 3 heteroatoms. The predicted molar refractivity (Wildman–Crippen MR) is 57.0 cm³/mol. The summed E-state index contributed by atoms with van der Waals surface area (Å²) in [6.07, 6.45) is 1.25. The molecule has 0 radical (unpaired) electrons. The number of aryl methyl sites for hydroxylation is 1. The van der Waals surface area contributed by atoms with Gasteiger partial charge in [0.25, 0.3) is 0 Å². The van der Waals surface area contributed by atoms with Gasteiger partial charge < -0.3 is 4.74 Å². The fourth-order valence-electron chi connectivity index (χ4n) is 1.29. The van der Waals surface area contributed by atoms with Gasteiger partial charge in [-0.25, -0.2) is 4.79 Å². The second kappa shape index (κ2) is 4.55. The van der Waals surface area contributed by atoms with Crippen molar-refractivity contribution in [2.75, 3.05) is 7.11 Å². The maximum Gasteiger partial charge on any atom is 0.337 e. The Labute approximate surface area is 88.4 Å². The highest BCUT2D eigenvalue weighted by Crippen LogP contribution is 2.13. The molecule has 0 amide bonds. The third-order valence-corrected chi connectivity index (χ3v) is 2.10. The van der Waals surface area contributed by atoms with Gasteiger partial charge in [0.2, 0.25) is 0 Å². The topological polar surface area (TPSA) is 43.4 Å². The van der Waals surface area contributed by atoms with E-state index >= 15 is 0 Å². The van der Waals surface area contributed by atoms with Crippen LogP contribution in [0.3, 0.4) is 0 Å². The van der Waals surface area contributed by atoms with Gasteiger partial charge in [-0.05, 0) is 36.8 Å². The van der Waals surface area contributed by atoms with Crippen LogP contribution in [0.2, 0.25) is 0 Å². The van der Waals surface area contributed by atoms with E-state index in [1.54, 1.807) is 25.1 Å². The Morgan fingerprint density at radius 2 is 2.07 bits per heavy atom. The van der Waals surface area contributed by atoms with Gasteiger partial charge in [-0.1, -0.05) is 6.58 Å². The van der Waals surface area contributed by atoms with Crippen LogP contribution in [-0.4, -0.2) is 18.9 Å². The van der Waals surface area contributed by atoms with Crippen molar-refractivity contribution >= 4 is 11.8 Å². The molecule has 0 N–H and O–H groups in total. The van der Waals surface area contributed by atoms with Crippen LogP contribution in [0.25, 0.3) is 0 Å². The molecular weight excluding hydrogens is 192 g/mol. The van der Waals surface area contributed by atoms with Crippen LogP contribution in [0, 0.1) is 6.92 Å². The average Bonchev–Trinajstić information content (AvgIpc) is 2.26. The summed E-state index contributed by atoms with van der Waals surface area (Å²) >= 11 is 0. The highest BCUT2D eigenvalue weighted by molar-refractivity contribution is 6.05. The molecular formula is C12H12O3. The summed E-state index contributed by atoms with van der Waals surface area (Å²) in [4.78, 5) is 22.5. The summed E-state index contributed by atoms with van der Waals surface area (Å²) in [6, 6.07) is 4.80. The quantitative estimate of drug-likeness (QED) is 0.430. The normalized spacial score (nSPS) is 9.47. The number of hydrogen-bond donors (Lipinski definition) is 0. The molecule has 1 rings (SSSR count). The van der Waals surface area contributed by atoms with Crippen LogP contribution in [0.4, 0.5) is 0 Å². The minimum atomic E-state index is -0.407. The molecule has 15 heavy (non-hydrogen) atoms. The molecule has 0 aliphatic rings. The highest BCUT2D eigenvalue weighted by Gasteiger charge is 2.10. The van der Waals surface area contributed by atoms with Gasteiger partial charge in [-0.2, -0.15) is 0 Å². The highest BCUT2D eigenvalue weighted by atomic mass is 16.5. The predicted octanol–water partition coefficient (Wildman–Crippen LogP) is 2.15. The van der Waals surface area contributed by atoms with Gasteiger partial charge in [-0.3, -0.25) is 4.79 Å². The number of carbonyl (C=O) groups is 2. The summed E-state index contributed by atoms with van der Waals surface area (Å²) in [6.45, 7) is 5.18. The van der Waals surface area contributed by atoms with E-state index in [0.29, 0.717) is 11.1 Å². The van der Waals surface area contributed by atoms with Crippen LogP contribution in [0.15, 0.2) is 30.9 Å². The first-order valence-corrected chi connectivity index (χ1v) is 4.46. The number of ether oxygens (including phenoxy) is 1. The number of rotatable bonds is 3. The molecule has 0 unspecified atom stereocenters. The van der Waals surface area contributed by atoms with Gasteiger partial charge in [0.15, 0.2) is 5.78 Å². The average molecular weight is 204 g/mol. The van der Waals surface area contributed by atoms with Crippen molar-refractivity contribution in [2.45, 2.75) is 6.92 Å². The Kier molecular flexibility index (Phi) is 3.39. The standard InChI is InChI=1S/C12H12O3/c1-4-11(13)10-6-5-9(7-8(10)2)12(14)15-3/h4-7H,1H2,2-3H3. The first-order valence-electron chi connectivity index (χ1n) is 4.46. The van der Waals surface area contributed by atoms with Gasteiger partial charge >= 0.3 is 5.97 Å².